The van der Waals surface area contributed by atoms with Gasteiger partial charge < -0.3 is 9.64 Å². The molecule has 3 aromatic rings. The number of carbonyl (C=O) groups is 2. The van der Waals surface area contributed by atoms with Crippen LogP contribution >= 0.6 is 23.1 Å². The van der Waals surface area contributed by atoms with E-state index in [2.05, 4.69) is 4.98 Å². The number of hydrogen-bond donors (Lipinski definition) is 0. The smallest absolute Gasteiger partial charge is 0.316 e. The van der Waals surface area contributed by atoms with E-state index in [4.69, 9.17) is 4.74 Å². The van der Waals surface area contributed by atoms with Crippen molar-refractivity contribution in [1.29, 1.82) is 0 Å². The lowest BCUT2D eigenvalue weighted by molar-refractivity contribution is -0.150. The lowest BCUT2D eigenvalue weighted by atomic mass is 10.3. The number of thiazole rings is 1. The fourth-order valence-electron chi connectivity index (χ4n) is 2.40. The minimum absolute atomic E-state index is 0.175. The van der Waals surface area contributed by atoms with Crippen LogP contribution in [0.5, 0.6) is 0 Å². The summed E-state index contributed by atoms with van der Waals surface area (Å²) in [4.78, 5) is 31.4. The number of fused-ring (bicyclic) bond motifs is 1. The highest BCUT2D eigenvalue weighted by molar-refractivity contribution is 8.00. The van der Waals surface area contributed by atoms with Crippen LogP contribution in [-0.4, -0.2) is 41.2 Å². The van der Waals surface area contributed by atoms with E-state index in [0.29, 0.717) is 0 Å². The van der Waals surface area contributed by atoms with E-state index < -0.39 is 5.97 Å². The molecule has 1 heterocycles. The van der Waals surface area contributed by atoms with Gasteiger partial charge in [0.15, 0.2) is 6.61 Å². The zero-order chi connectivity index (χ0) is 19.2. The van der Waals surface area contributed by atoms with Crippen LogP contribution in [-0.2, 0) is 14.3 Å². The van der Waals surface area contributed by atoms with Crippen molar-refractivity contribution < 1.29 is 14.3 Å². The molecule has 7 heteroatoms. The van der Waals surface area contributed by atoms with Crippen LogP contribution in [0.3, 0.4) is 0 Å². The van der Waals surface area contributed by atoms with Crippen molar-refractivity contribution in [2.75, 3.05) is 19.4 Å². The van der Waals surface area contributed by atoms with E-state index in [0.717, 1.165) is 20.1 Å². The number of aromatic nitrogens is 1. The summed E-state index contributed by atoms with van der Waals surface area (Å²) >= 11 is 2.95. The van der Waals surface area contributed by atoms with Crippen molar-refractivity contribution in [2.24, 2.45) is 0 Å². The van der Waals surface area contributed by atoms with Gasteiger partial charge in [-0.3, -0.25) is 9.59 Å². The molecule has 1 atom stereocenters. The van der Waals surface area contributed by atoms with E-state index >= 15 is 0 Å². The second-order valence-corrected chi connectivity index (χ2v) is 8.07. The molecule has 0 N–H and O–H groups in total. The second-order valence-electron chi connectivity index (χ2n) is 5.96. The van der Waals surface area contributed by atoms with Gasteiger partial charge in [-0.1, -0.05) is 30.3 Å². The first kappa shape index (κ1) is 19.4. The van der Waals surface area contributed by atoms with Gasteiger partial charge in [-0.05, 0) is 31.2 Å². The number of amides is 1. The van der Waals surface area contributed by atoms with Gasteiger partial charge in [0.1, 0.15) is 5.01 Å². The van der Waals surface area contributed by atoms with Gasteiger partial charge in [-0.15, -0.1) is 23.1 Å². The number of likely N-dealkylation sites (N-methyl/N-ethyl adjacent to an activating group) is 1. The highest BCUT2D eigenvalue weighted by atomic mass is 32.2. The summed E-state index contributed by atoms with van der Waals surface area (Å²) in [6.07, 6.45) is 0. The van der Waals surface area contributed by atoms with Crippen molar-refractivity contribution >= 4 is 45.2 Å². The molecule has 0 bridgehead atoms. The standard InChI is InChI=1S/C20H20N2O3S2/c1-14(20-21-16-10-6-7-11-17(16)27-20)22(2)18(23)12-25-19(24)13-26-15-8-4-3-5-9-15/h3-11,14H,12-13H2,1-2H3/t14-/m1/s1. The molecule has 0 fully saturated rings. The maximum Gasteiger partial charge on any atom is 0.316 e. The highest BCUT2D eigenvalue weighted by Crippen LogP contribution is 2.28. The molecule has 0 radical (unpaired) electrons. The van der Waals surface area contributed by atoms with E-state index in [9.17, 15) is 9.59 Å². The lowest BCUT2D eigenvalue weighted by Gasteiger charge is -2.23. The molecule has 0 saturated heterocycles. The largest absolute Gasteiger partial charge is 0.455 e. The van der Waals surface area contributed by atoms with Crippen molar-refractivity contribution in [3.05, 3.63) is 59.6 Å². The molecule has 1 aromatic heterocycles. The predicted octanol–water partition coefficient (Wildman–Crippen LogP) is 4.15. The molecular formula is C20H20N2O3S2. The normalized spacial score (nSPS) is 11.9. The average molecular weight is 401 g/mol. The first-order chi connectivity index (χ1) is 13.0. The van der Waals surface area contributed by atoms with Crippen molar-refractivity contribution in [3.8, 4) is 0 Å². The molecule has 0 spiro atoms. The molecule has 140 valence electrons. The molecule has 5 nitrogen and oxygen atoms in total. The zero-order valence-electron chi connectivity index (χ0n) is 15.1. The number of nitrogens with zero attached hydrogens (tertiary/aromatic N) is 2. The predicted molar refractivity (Wildman–Crippen MR) is 109 cm³/mol. The summed E-state index contributed by atoms with van der Waals surface area (Å²) in [5, 5.41) is 0.859. The molecular weight excluding hydrogens is 380 g/mol. The minimum atomic E-state index is -0.404. The van der Waals surface area contributed by atoms with Crippen LogP contribution in [0.25, 0.3) is 10.2 Å². The van der Waals surface area contributed by atoms with Gasteiger partial charge in [-0.2, -0.15) is 0 Å². The van der Waals surface area contributed by atoms with Crippen LogP contribution in [0.15, 0.2) is 59.5 Å². The summed E-state index contributed by atoms with van der Waals surface area (Å²) in [5.74, 6) is -0.480. The first-order valence-corrected chi connectivity index (χ1v) is 10.3. The van der Waals surface area contributed by atoms with E-state index in [-0.39, 0.29) is 24.3 Å². The number of esters is 1. The molecule has 0 aliphatic heterocycles. The Bertz CT molecular complexity index is 894. The van der Waals surface area contributed by atoms with Gasteiger partial charge in [0.05, 0.1) is 22.0 Å². The summed E-state index contributed by atoms with van der Waals surface area (Å²) in [5.41, 5.74) is 0.926. The monoisotopic (exact) mass is 400 g/mol. The molecule has 0 saturated carbocycles. The summed E-state index contributed by atoms with van der Waals surface area (Å²) in [7, 11) is 1.70. The van der Waals surface area contributed by atoms with Crippen LogP contribution < -0.4 is 0 Å². The first-order valence-electron chi connectivity index (χ1n) is 8.49. The maximum absolute atomic E-state index is 12.4. The lowest BCUT2D eigenvalue weighted by Crippen LogP contribution is -2.33. The highest BCUT2D eigenvalue weighted by Gasteiger charge is 2.21. The maximum atomic E-state index is 12.4. The van der Waals surface area contributed by atoms with Gasteiger partial charge in [0, 0.05) is 11.9 Å². The fourth-order valence-corrected chi connectivity index (χ4v) is 4.18. The Morgan fingerprint density at radius 3 is 2.59 bits per heavy atom. The average Bonchev–Trinajstić information content (AvgIpc) is 3.14. The number of carbonyl (C=O) groups excluding carboxylic acids is 2. The van der Waals surface area contributed by atoms with Gasteiger partial charge in [0.25, 0.3) is 5.91 Å². The Balaban J connectivity index is 1.50. The zero-order valence-corrected chi connectivity index (χ0v) is 16.8. The fraction of sp³-hybridized carbons (Fsp3) is 0.250. The summed E-state index contributed by atoms with van der Waals surface area (Å²) < 4.78 is 6.21. The Kier molecular flexibility index (Phi) is 6.47. The SMILES string of the molecule is C[C@H](c1nc2ccccc2s1)N(C)C(=O)COC(=O)CSc1ccccc1. The van der Waals surface area contributed by atoms with Gasteiger partial charge in [0.2, 0.25) is 0 Å². The van der Waals surface area contributed by atoms with E-state index in [1.54, 1.807) is 23.3 Å². The number of ether oxygens (including phenoxy) is 1. The Hall–Kier alpha value is -2.38. The molecule has 0 unspecified atom stereocenters. The molecule has 0 aliphatic carbocycles. The third-order valence-corrected chi connectivity index (χ3v) is 6.29. The number of para-hydroxylation sites is 1. The number of hydrogen-bond acceptors (Lipinski definition) is 6. The molecule has 0 aliphatic rings. The number of benzene rings is 2. The van der Waals surface area contributed by atoms with Crippen LogP contribution in [0.1, 0.15) is 18.0 Å². The quantitative estimate of drug-likeness (QED) is 0.440. The molecule has 27 heavy (non-hydrogen) atoms. The minimum Gasteiger partial charge on any atom is -0.455 e. The molecule has 1 amide bonds. The molecule has 2 aromatic carbocycles. The summed E-state index contributed by atoms with van der Waals surface area (Å²) in [6.45, 7) is 1.66. The molecule has 3 rings (SSSR count). The van der Waals surface area contributed by atoms with Crippen molar-refractivity contribution in [1.82, 2.24) is 9.88 Å². The number of rotatable bonds is 7. The second kappa shape index (κ2) is 9.01. The van der Waals surface area contributed by atoms with Crippen LogP contribution in [0, 0.1) is 0 Å². The third kappa shape index (κ3) is 5.08. The van der Waals surface area contributed by atoms with E-state index in [1.165, 1.54) is 11.8 Å². The van der Waals surface area contributed by atoms with Gasteiger partial charge >= 0.3 is 5.97 Å². The third-order valence-electron chi connectivity index (χ3n) is 4.10. The Labute approximate surface area is 166 Å². The topological polar surface area (TPSA) is 59.5 Å². The van der Waals surface area contributed by atoms with E-state index in [1.807, 2.05) is 61.5 Å². The Morgan fingerprint density at radius 2 is 1.85 bits per heavy atom. The Morgan fingerprint density at radius 1 is 1.15 bits per heavy atom. The number of thioether (sulfide) groups is 1. The van der Waals surface area contributed by atoms with Crippen LogP contribution in [0.2, 0.25) is 0 Å². The van der Waals surface area contributed by atoms with Gasteiger partial charge in [-0.25, -0.2) is 4.98 Å². The van der Waals surface area contributed by atoms with Crippen molar-refractivity contribution in [3.63, 3.8) is 0 Å². The van der Waals surface area contributed by atoms with Crippen molar-refractivity contribution in [2.45, 2.75) is 17.9 Å². The summed E-state index contributed by atoms with van der Waals surface area (Å²) in [6, 6.07) is 17.3. The van der Waals surface area contributed by atoms with Crippen LogP contribution in [0.4, 0.5) is 0 Å².